The van der Waals surface area contributed by atoms with Crippen LogP contribution < -0.4 is 5.48 Å². The van der Waals surface area contributed by atoms with Crippen LogP contribution in [-0.2, 0) is 4.84 Å². The van der Waals surface area contributed by atoms with Crippen molar-refractivity contribution >= 4 is 27.3 Å². The van der Waals surface area contributed by atoms with Crippen LogP contribution in [0.15, 0.2) is 18.2 Å². The number of hydrogen-bond donors (Lipinski definition) is 1. The van der Waals surface area contributed by atoms with E-state index in [2.05, 4.69) is 21.4 Å². The fourth-order valence-electron chi connectivity index (χ4n) is 1.13. The van der Waals surface area contributed by atoms with Crippen LogP contribution in [0.1, 0.15) is 19.8 Å². The summed E-state index contributed by atoms with van der Waals surface area (Å²) in [6.45, 7) is 2.00. The maximum absolute atomic E-state index is 13.0. The molecule has 1 unspecified atom stereocenters. The number of nitrogens with one attached hydrogen (secondary N) is 1. The van der Waals surface area contributed by atoms with Crippen LogP contribution in [0.5, 0.6) is 0 Å². The van der Waals surface area contributed by atoms with E-state index >= 15 is 0 Å². The zero-order valence-corrected chi connectivity index (χ0v) is 10.7. The zero-order valence-electron chi connectivity index (χ0n) is 9.15. The fourth-order valence-corrected chi connectivity index (χ4v) is 1.69. The van der Waals surface area contributed by atoms with Crippen molar-refractivity contribution in [3.63, 3.8) is 0 Å². The van der Waals surface area contributed by atoms with Crippen molar-refractivity contribution < 1.29 is 14.2 Å². The average Bonchev–Trinajstić information content (AvgIpc) is 2.28. The summed E-state index contributed by atoms with van der Waals surface area (Å²) in [4.78, 5) is 14.9. The van der Waals surface area contributed by atoms with Gasteiger partial charge >= 0.3 is 5.69 Å². The van der Waals surface area contributed by atoms with Gasteiger partial charge in [-0.25, -0.2) is 0 Å². The molecule has 7 heteroatoms. The molecule has 1 atom stereocenters. The lowest BCUT2D eigenvalue weighted by atomic mass is 10.3. The van der Waals surface area contributed by atoms with E-state index in [4.69, 9.17) is 4.84 Å². The molecular weight excluding hydrogens is 295 g/mol. The lowest BCUT2D eigenvalue weighted by Gasteiger charge is -2.11. The Morgan fingerprint density at radius 1 is 1.65 bits per heavy atom. The highest BCUT2D eigenvalue weighted by atomic mass is 79.9. The fraction of sp³-hybridized carbons (Fsp3) is 0.400. The molecule has 17 heavy (non-hydrogen) atoms. The summed E-state index contributed by atoms with van der Waals surface area (Å²) >= 11 is 3.26. The summed E-state index contributed by atoms with van der Waals surface area (Å²) in [5.41, 5.74) is 2.28. The molecule has 5 nitrogen and oxygen atoms in total. The van der Waals surface area contributed by atoms with Gasteiger partial charge in [-0.2, -0.15) is 4.39 Å². The number of hydrogen-bond acceptors (Lipinski definition) is 4. The van der Waals surface area contributed by atoms with Crippen LogP contribution in [0.3, 0.4) is 0 Å². The minimum absolute atomic E-state index is 0.198. The number of nitro groups is 1. The Hall–Kier alpha value is -1.21. The predicted octanol–water partition coefficient (Wildman–Crippen LogP) is 3.60. The second-order valence-electron chi connectivity index (χ2n) is 3.34. The molecule has 0 heterocycles. The molecule has 0 bridgehead atoms. The van der Waals surface area contributed by atoms with Crippen LogP contribution in [0.4, 0.5) is 15.8 Å². The molecule has 0 radical (unpaired) electrons. The number of benzene rings is 1. The van der Waals surface area contributed by atoms with Gasteiger partial charge < -0.3 is 0 Å². The Balaban J connectivity index is 2.66. The first-order valence-corrected chi connectivity index (χ1v) is 5.95. The maximum Gasteiger partial charge on any atom is 0.306 e. The first-order chi connectivity index (χ1) is 8.04. The molecule has 1 N–H and O–H groups in total. The number of halogens is 2. The first-order valence-electron chi connectivity index (χ1n) is 5.04. The van der Waals surface area contributed by atoms with Gasteiger partial charge in [0.25, 0.3) is 0 Å². The van der Waals surface area contributed by atoms with Gasteiger partial charge in [0.1, 0.15) is 5.01 Å². The van der Waals surface area contributed by atoms with Crippen molar-refractivity contribution in [3.05, 3.63) is 34.1 Å². The zero-order chi connectivity index (χ0) is 12.8. The summed E-state index contributed by atoms with van der Waals surface area (Å²) in [5.74, 6) is -0.871. The van der Waals surface area contributed by atoms with Gasteiger partial charge in [-0.1, -0.05) is 29.3 Å². The van der Waals surface area contributed by atoms with E-state index in [1.807, 2.05) is 6.92 Å². The molecule has 0 amide bonds. The molecule has 1 rings (SSSR count). The van der Waals surface area contributed by atoms with Gasteiger partial charge in [0.05, 0.1) is 10.6 Å². The molecule has 0 aliphatic heterocycles. The normalized spacial score (nSPS) is 12.2. The van der Waals surface area contributed by atoms with E-state index in [0.29, 0.717) is 5.69 Å². The van der Waals surface area contributed by atoms with E-state index in [-0.39, 0.29) is 5.01 Å². The molecule has 1 aromatic carbocycles. The van der Waals surface area contributed by atoms with Gasteiger partial charge in [0.15, 0.2) is 0 Å². The van der Waals surface area contributed by atoms with E-state index in [1.54, 1.807) is 0 Å². The summed E-state index contributed by atoms with van der Waals surface area (Å²) in [5, 5.41) is 10.3. The molecule has 94 valence electrons. The Labute approximate surface area is 106 Å². The van der Waals surface area contributed by atoms with E-state index in [9.17, 15) is 14.5 Å². The molecule has 0 aliphatic carbocycles. The van der Waals surface area contributed by atoms with E-state index in [1.165, 1.54) is 6.07 Å². The van der Waals surface area contributed by atoms with Crippen LogP contribution in [0, 0.1) is 15.9 Å². The van der Waals surface area contributed by atoms with Crippen molar-refractivity contribution in [3.8, 4) is 0 Å². The highest BCUT2D eigenvalue weighted by Crippen LogP contribution is 2.22. The topological polar surface area (TPSA) is 64.4 Å². The Bertz CT molecular complexity index is 403. The van der Waals surface area contributed by atoms with Crippen molar-refractivity contribution in [2.45, 2.75) is 24.8 Å². The minimum Gasteiger partial charge on any atom is -0.266 e. The largest absolute Gasteiger partial charge is 0.306 e. The Kier molecular flexibility index (Phi) is 5.30. The monoisotopic (exact) mass is 306 g/mol. The third kappa shape index (κ3) is 4.27. The lowest BCUT2D eigenvalue weighted by molar-refractivity contribution is -0.387. The summed E-state index contributed by atoms with van der Waals surface area (Å²) in [6, 6.07) is 3.47. The predicted molar refractivity (Wildman–Crippen MR) is 65.4 cm³/mol. The third-order valence-electron chi connectivity index (χ3n) is 1.96. The second-order valence-corrected chi connectivity index (χ2v) is 4.36. The number of alkyl halides is 1. The summed E-state index contributed by atoms with van der Waals surface area (Å²) in [7, 11) is 0. The molecule has 0 spiro atoms. The number of nitro benzene ring substituents is 1. The lowest BCUT2D eigenvalue weighted by Crippen LogP contribution is -2.10. The highest BCUT2D eigenvalue weighted by molar-refractivity contribution is 9.09. The molecule has 1 aromatic rings. The minimum atomic E-state index is -0.871. The Morgan fingerprint density at radius 2 is 2.35 bits per heavy atom. The van der Waals surface area contributed by atoms with Crippen LogP contribution in [0.25, 0.3) is 0 Å². The number of nitrogens with zero attached hydrogens (tertiary/aromatic N) is 1. The Morgan fingerprint density at radius 3 is 2.94 bits per heavy atom. The number of anilines is 1. The smallest absolute Gasteiger partial charge is 0.266 e. The SMILES string of the molecule is CCCC(Br)ONc1ccc(F)c([N+](=O)[O-])c1. The molecule has 0 fully saturated rings. The molecule has 0 aromatic heterocycles. The van der Waals surface area contributed by atoms with Crippen LogP contribution in [-0.4, -0.2) is 9.94 Å². The maximum atomic E-state index is 13.0. The van der Waals surface area contributed by atoms with Gasteiger partial charge in [-0.15, -0.1) is 0 Å². The quantitative estimate of drug-likeness (QED) is 0.495. The van der Waals surface area contributed by atoms with Crippen LogP contribution in [0.2, 0.25) is 0 Å². The van der Waals surface area contributed by atoms with Gasteiger partial charge in [-0.05, 0) is 18.6 Å². The third-order valence-corrected chi connectivity index (χ3v) is 2.61. The van der Waals surface area contributed by atoms with Crippen molar-refractivity contribution in [1.82, 2.24) is 0 Å². The van der Waals surface area contributed by atoms with Crippen LogP contribution >= 0.6 is 15.9 Å². The van der Waals surface area contributed by atoms with Crippen molar-refractivity contribution in [1.29, 1.82) is 0 Å². The highest BCUT2D eigenvalue weighted by Gasteiger charge is 2.14. The molecule has 0 saturated heterocycles. The van der Waals surface area contributed by atoms with E-state index < -0.39 is 16.4 Å². The van der Waals surface area contributed by atoms with E-state index in [0.717, 1.165) is 25.0 Å². The standard InChI is InChI=1S/C10H12BrFN2O3/c1-2-3-10(11)17-13-7-4-5-8(12)9(6-7)14(15)16/h4-6,10,13H,2-3H2,1H3. The summed E-state index contributed by atoms with van der Waals surface area (Å²) in [6.07, 6.45) is 1.72. The first kappa shape index (κ1) is 13.9. The number of rotatable bonds is 6. The average molecular weight is 307 g/mol. The molecule has 0 saturated carbocycles. The van der Waals surface area contributed by atoms with Gasteiger partial charge in [0, 0.05) is 6.07 Å². The molecular formula is C10H12BrFN2O3. The van der Waals surface area contributed by atoms with Crippen molar-refractivity contribution in [2.75, 3.05) is 5.48 Å². The second kappa shape index (κ2) is 6.51. The van der Waals surface area contributed by atoms with Gasteiger partial charge in [0.2, 0.25) is 5.82 Å². The van der Waals surface area contributed by atoms with Gasteiger partial charge in [-0.3, -0.25) is 20.4 Å². The summed E-state index contributed by atoms with van der Waals surface area (Å²) < 4.78 is 13.0. The molecule has 0 aliphatic rings. The van der Waals surface area contributed by atoms with Crippen molar-refractivity contribution in [2.24, 2.45) is 0 Å².